The Kier molecular flexibility index (Phi) is 6.82. The van der Waals surface area contributed by atoms with E-state index >= 15 is 0 Å². The normalized spacial score (nSPS) is 21.1. The van der Waals surface area contributed by atoms with Crippen LogP contribution in [0.3, 0.4) is 0 Å². The SMILES string of the molecule is CC(CCc1ccc(OC(C)C)cc1)NC(=O)[C@@H]1CC[C@H](C(=O)O)O1. The lowest BCUT2D eigenvalue weighted by atomic mass is 10.1. The van der Waals surface area contributed by atoms with Crippen LogP contribution in [0.15, 0.2) is 24.3 Å². The molecule has 0 aromatic heterocycles. The van der Waals surface area contributed by atoms with Crippen LogP contribution in [-0.2, 0) is 20.7 Å². The maximum Gasteiger partial charge on any atom is 0.332 e. The van der Waals surface area contributed by atoms with Crippen molar-refractivity contribution < 1.29 is 24.2 Å². The molecule has 0 saturated carbocycles. The average molecular weight is 349 g/mol. The summed E-state index contributed by atoms with van der Waals surface area (Å²) in [6.07, 6.45) is 1.10. The fourth-order valence-corrected chi connectivity index (χ4v) is 2.81. The largest absolute Gasteiger partial charge is 0.491 e. The molecular weight excluding hydrogens is 322 g/mol. The Morgan fingerprint density at radius 3 is 2.40 bits per heavy atom. The van der Waals surface area contributed by atoms with Gasteiger partial charge in [0.2, 0.25) is 5.91 Å². The highest BCUT2D eigenvalue weighted by Crippen LogP contribution is 2.20. The molecule has 3 atom stereocenters. The Balaban J connectivity index is 1.74. The number of carboxylic acids is 1. The third-order valence-corrected chi connectivity index (χ3v) is 4.14. The molecule has 1 heterocycles. The molecule has 1 aliphatic rings. The van der Waals surface area contributed by atoms with Crippen LogP contribution in [0.25, 0.3) is 0 Å². The minimum absolute atomic E-state index is 0.00781. The average Bonchev–Trinajstić information content (AvgIpc) is 3.04. The quantitative estimate of drug-likeness (QED) is 0.753. The Morgan fingerprint density at radius 2 is 1.84 bits per heavy atom. The lowest BCUT2D eigenvalue weighted by molar-refractivity contribution is -0.151. The van der Waals surface area contributed by atoms with Crippen LogP contribution in [0.1, 0.15) is 45.6 Å². The Hall–Kier alpha value is -2.08. The maximum atomic E-state index is 12.1. The second-order valence-corrected chi connectivity index (χ2v) is 6.79. The number of nitrogens with one attached hydrogen (secondary N) is 1. The first-order chi connectivity index (χ1) is 11.8. The van der Waals surface area contributed by atoms with Crippen LogP contribution < -0.4 is 10.1 Å². The van der Waals surface area contributed by atoms with Crippen LogP contribution in [0.5, 0.6) is 5.75 Å². The van der Waals surface area contributed by atoms with Crippen molar-refractivity contribution in [2.24, 2.45) is 0 Å². The van der Waals surface area contributed by atoms with Crippen molar-refractivity contribution in [1.29, 1.82) is 0 Å². The standard InChI is InChI=1S/C19H27NO5/c1-12(2)24-15-8-6-14(7-9-15)5-4-13(3)20-18(21)16-10-11-17(25-16)19(22)23/h6-9,12-13,16-17H,4-5,10-11H2,1-3H3,(H,20,21)(H,22,23)/t13?,16-,17+/m0/s1. The number of carbonyl (C=O) groups excluding carboxylic acids is 1. The molecule has 1 unspecified atom stereocenters. The smallest absolute Gasteiger partial charge is 0.332 e. The molecule has 138 valence electrons. The monoisotopic (exact) mass is 349 g/mol. The zero-order valence-corrected chi connectivity index (χ0v) is 15.0. The fraction of sp³-hybridized carbons (Fsp3) is 0.579. The Labute approximate surface area is 148 Å². The van der Waals surface area contributed by atoms with Crippen LogP contribution in [-0.4, -0.2) is 41.3 Å². The number of carbonyl (C=O) groups is 2. The van der Waals surface area contributed by atoms with E-state index in [4.69, 9.17) is 14.6 Å². The number of benzene rings is 1. The molecule has 2 N–H and O–H groups in total. The number of carboxylic acid groups (broad SMARTS) is 1. The van der Waals surface area contributed by atoms with Gasteiger partial charge < -0.3 is 19.9 Å². The topological polar surface area (TPSA) is 84.9 Å². The van der Waals surface area contributed by atoms with E-state index in [2.05, 4.69) is 5.32 Å². The zero-order chi connectivity index (χ0) is 18.4. The van der Waals surface area contributed by atoms with Crippen molar-refractivity contribution in [3.8, 4) is 5.75 Å². The van der Waals surface area contributed by atoms with Crippen molar-refractivity contribution in [3.63, 3.8) is 0 Å². The Bertz CT molecular complexity index is 584. The maximum absolute atomic E-state index is 12.1. The van der Waals surface area contributed by atoms with Gasteiger partial charge >= 0.3 is 5.97 Å². The minimum atomic E-state index is -1.01. The molecule has 1 aromatic carbocycles. The Morgan fingerprint density at radius 1 is 1.20 bits per heavy atom. The second kappa shape index (κ2) is 8.85. The highest BCUT2D eigenvalue weighted by Gasteiger charge is 2.34. The molecule has 6 nitrogen and oxygen atoms in total. The molecule has 0 spiro atoms. The molecule has 1 amide bonds. The van der Waals surface area contributed by atoms with Crippen molar-refractivity contribution in [1.82, 2.24) is 5.32 Å². The van der Waals surface area contributed by atoms with Gasteiger partial charge in [-0.3, -0.25) is 4.79 Å². The van der Waals surface area contributed by atoms with Gasteiger partial charge in [-0.05, 0) is 64.2 Å². The highest BCUT2D eigenvalue weighted by atomic mass is 16.5. The van der Waals surface area contributed by atoms with Gasteiger partial charge in [0.05, 0.1) is 6.10 Å². The third-order valence-electron chi connectivity index (χ3n) is 4.14. The summed E-state index contributed by atoms with van der Waals surface area (Å²) in [6.45, 7) is 5.92. The molecule has 0 aliphatic carbocycles. The summed E-state index contributed by atoms with van der Waals surface area (Å²) in [5.74, 6) is -0.378. The molecule has 6 heteroatoms. The van der Waals surface area contributed by atoms with Gasteiger partial charge in [0.15, 0.2) is 6.10 Å². The predicted octanol–water partition coefficient (Wildman–Crippen LogP) is 2.54. The van der Waals surface area contributed by atoms with E-state index in [9.17, 15) is 9.59 Å². The minimum Gasteiger partial charge on any atom is -0.491 e. The molecule has 0 radical (unpaired) electrons. The number of hydrogen-bond acceptors (Lipinski definition) is 4. The summed E-state index contributed by atoms with van der Waals surface area (Å²) < 4.78 is 10.9. The number of amides is 1. The highest BCUT2D eigenvalue weighted by molar-refractivity contribution is 5.82. The second-order valence-electron chi connectivity index (χ2n) is 6.79. The summed E-state index contributed by atoms with van der Waals surface area (Å²) in [5.41, 5.74) is 1.18. The summed E-state index contributed by atoms with van der Waals surface area (Å²) in [4.78, 5) is 23.0. The zero-order valence-electron chi connectivity index (χ0n) is 15.0. The number of aryl methyl sites for hydroxylation is 1. The van der Waals surface area contributed by atoms with E-state index < -0.39 is 18.2 Å². The van der Waals surface area contributed by atoms with E-state index in [0.717, 1.165) is 18.6 Å². The van der Waals surface area contributed by atoms with E-state index in [1.165, 1.54) is 5.56 Å². The molecule has 1 fully saturated rings. The summed E-state index contributed by atoms with van der Waals surface area (Å²) >= 11 is 0. The molecule has 1 saturated heterocycles. The molecular formula is C19H27NO5. The lowest BCUT2D eigenvalue weighted by Gasteiger charge is -2.17. The number of hydrogen-bond donors (Lipinski definition) is 2. The van der Waals surface area contributed by atoms with Crippen LogP contribution >= 0.6 is 0 Å². The number of rotatable bonds is 8. The van der Waals surface area contributed by atoms with Crippen LogP contribution in [0.4, 0.5) is 0 Å². The third kappa shape index (κ3) is 6.05. The number of ether oxygens (including phenoxy) is 2. The van der Waals surface area contributed by atoms with Crippen molar-refractivity contribution in [3.05, 3.63) is 29.8 Å². The van der Waals surface area contributed by atoms with Gasteiger partial charge in [0.25, 0.3) is 0 Å². The van der Waals surface area contributed by atoms with Gasteiger partial charge in [0.1, 0.15) is 11.9 Å². The van der Waals surface area contributed by atoms with Gasteiger partial charge in [-0.15, -0.1) is 0 Å². The number of aliphatic carboxylic acids is 1. The fourth-order valence-electron chi connectivity index (χ4n) is 2.81. The van der Waals surface area contributed by atoms with Crippen molar-refractivity contribution in [2.45, 2.75) is 70.8 Å². The summed E-state index contributed by atoms with van der Waals surface area (Å²) in [6, 6.07) is 7.97. The molecule has 2 rings (SSSR count). The first-order valence-corrected chi connectivity index (χ1v) is 8.79. The van der Waals surface area contributed by atoms with E-state index in [1.54, 1.807) is 0 Å². The van der Waals surface area contributed by atoms with E-state index in [-0.39, 0.29) is 18.1 Å². The van der Waals surface area contributed by atoms with E-state index in [1.807, 2.05) is 45.0 Å². The first kappa shape index (κ1) is 19.2. The molecule has 0 bridgehead atoms. The van der Waals surface area contributed by atoms with Gasteiger partial charge in [-0.2, -0.15) is 0 Å². The predicted molar refractivity (Wildman–Crippen MR) is 93.7 cm³/mol. The summed E-state index contributed by atoms with van der Waals surface area (Å²) in [5, 5.41) is 11.8. The van der Waals surface area contributed by atoms with Crippen molar-refractivity contribution >= 4 is 11.9 Å². The van der Waals surface area contributed by atoms with Gasteiger partial charge in [0, 0.05) is 6.04 Å². The molecule has 25 heavy (non-hydrogen) atoms. The van der Waals surface area contributed by atoms with Crippen LogP contribution in [0, 0.1) is 0 Å². The van der Waals surface area contributed by atoms with E-state index in [0.29, 0.717) is 12.8 Å². The van der Waals surface area contributed by atoms with Crippen LogP contribution in [0.2, 0.25) is 0 Å². The van der Waals surface area contributed by atoms with Gasteiger partial charge in [-0.1, -0.05) is 12.1 Å². The lowest BCUT2D eigenvalue weighted by Crippen LogP contribution is -2.40. The molecule has 1 aliphatic heterocycles. The van der Waals surface area contributed by atoms with Gasteiger partial charge in [-0.25, -0.2) is 4.79 Å². The molecule has 1 aromatic rings. The summed E-state index contributed by atoms with van der Waals surface area (Å²) in [7, 11) is 0. The van der Waals surface area contributed by atoms with Crippen molar-refractivity contribution in [2.75, 3.05) is 0 Å². The first-order valence-electron chi connectivity index (χ1n) is 8.79.